The third-order valence-corrected chi connectivity index (χ3v) is 12.4. The van der Waals surface area contributed by atoms with E-state index >= 15 is 0 Å². The van der Waals surface area contributed by atoms with Gasteiger partial charge in [-0.1, -0.05) is 59.8 Å². The summed E-state index contributed by atoms with van der Waals surface area (Å²) in [6, 6.07) is 7.86. The highest BCUT2D eigenvalue weighted by atomic mass is 28.4. The first-order valence-electron chi connectivity index (χ1n) is 13.6. The number of rotatable bonds is 18. The zero-order chi connectivity index (χ0) is 28.2. The summed E-state index contributed by atoms with van der Waals surface area (Å²) in [5.41, 5.74) is 1.05. The fourth-order valence-electron chi connectivity index (χ4n) is 4.53. The van der Waals surface area contributed by atoms with Crippen LogP contribution in [0.15, 0.2) is 36.9 Å². The Morgan fingerprint density at radius 3 is 2.08 bits per heavy atom. The van der Waals surface area contributed by atoms with Crippen LogP contribution in [0.1, 0.15) is 59.9 Å². The third-order valence-electron chi connectivity index (χ3n) is 7.89. The molecule has 6 nitrogen and oxygen atoms in total. The van der Waals surface area contributed by atoms with E-state index in [2.05, 4.69) is 61.2 Å². The van der Waals surface area contributed by atoms with Gasteiger partial charge in [-0.15, -0.1) is 6.58 Å². The molecular weight excluding hydrogens is 484 g/mol. The maximum Gasteiger partial charge on any atom is 0.192 e. The van der Waals surface area contributed by atoms with Gasteiger partial charge in [0.05, 0.1) is 32.0 Å². The van der Waals surface area contributed by atoms with Crippen molar-refractivity contribution in [3.05, 3.63) is 42.5 Å². The molecule has 0 fully saturated rings. The van der Waals surface area contributed by atoms with Gasteiger partial charge in [0.15, 0.2) is 8.32 Å². The van der Waals surface area contributed by atoms with E-state index in [9.17, 15) is 5.11 Å². The number of allylic oxidation sites excluding steroid dienone is 1. The van der Waals surface area contributed by atoms with Gasteiger partial charge in [-0.05, 0) is 54.6 Å². The van der Waals surface area contributed by atoms with Crippen LogP contribution in [0.5, 0.6) is 5.75 Å². The summed E-state index contributed by atoms with van der Waals surface area (Å²) in [6.45, 7) is 22.7. The fraction of sp³-hybridized carbons (Fsp3) is 0.733. The Hall–Kier alpha value is -1.22. The largest absolute Gasteiger partial charge is 0.497 e. The standard InChI is InChI=1S/C30H54O6Si/c1-12-13-22(2)28(36-37(10,11)30(5,6)7)24(4)29(35-21-32-8)23(3)27(18-19-31)34-20-25-14-16-26(33-9)17-15-25/h12,14-17,22-24,27-29,31H,1,13,18-21H2,2-11H3/t22-,23+,24-,27+,28+,29-/m0/s1. The first kappa shape index (κ1) is 33.8. The molecule has 37 heavy (non-hydrogen) atoms. The Kier molecular flexibility index (Phi) is 14.6. The van der Waals surface area contributed by atoms with Crippen LogP contribution in [0, 0.1) is 17.8 Å². The van der Waals surface area contributed by atoms with Gasteiger partial charge in [0.2, 0.25) is 0 Å². The predicted molar refractivity (Wildman–Crippen MR) is 154 cm³/mol. The van der Waals surface area contributed by atoms with Crippen LogP contribution in [0.2, 0.25) is 18.1 Å². The van der Waals surface area contributed by atoms with Crippen molar-refractivity contribution in [2.45, 2.75) is 97.4 Å². The Balaban J connectivity index is 3.22. The molecule has 0 saturated heterocycles. The molecule has 0 aliphatic carbocycles. The summed E-state index contributed by atoms with van der Waals surface area (Å²) in [7, 11) is 1.25. The predicted octanol–water partition coefficient (Wildman–Crippen LogP) is 6.83. The van der Waals surface area contributed by atoms with E-state index in [1.54, 1.807) is 14.2 Å². The lowest BCUT2D eigenvalue weighted by Gasteiger charge is -2.45. The minimum Gasteiger partial charge on any atom is -0.497 e. The molecule has 0 spiro atoms. The van der Waals surface area contributed by atoms with Gasteiger partial charge in [-0.25, -0.2) is 0 Å². The van der Waals surface area contributed by atoms with E-state index in [1.807, 2.05) is 30.3 Å². The smallest absolute Gasteiger partial charge is 0.192 e. The van der Waals surface area contributed by atoms with Crippen LogP contribution in [0.4, 0.5) is 0 Å². The van der Waals surface area contributed by atoms with Crippen molar-refractivity contribution in [2.75, 3.05) is 27.6 Å². The third kappa shape index (κ3) is 10.5. The number of ether oxygens (including phenoxy) is 4. The molecule has 1 rings (SSSR count). The highest BCUT2D eigenvalue weighted by Gasteiger charge is 2.44. The summed E-state index contributed by atoms with van der Waals surface area (Å²) in [6.07, 6.45) is 2.96. The van der Waals surface area contributed by atoms with Crippen LogP contribution >= 0.6 is 0 Å². The maximum atomic E-state index is 9.87. The number of hydrogen-bond acceptors (Lipinski definition) is 6. The molecule has 0 aliphatic heterocycles. The SMILES string of the molecule is C=CC[C@H](C)[C@@H](O[Si](C)(C)C(C)(C)C)[C@H](C)[C@@H](OCOC)[C@H](C)[C@@H](CCO)OCc1ccc(OC)cc1. The number of hydrogen-bond donors (Lipinski definition) is 1. The molecule has 0 aliphatic rings. The van der Waals surface area contributed by atoms with Crippen molar-refractivity contribution < 1.29 is 28.5 Å². The molecule has 0 bridgehead atoms. The maximum absolute atomic E-state index is 9.87. The minimum atomic E-state index is -2.05. The molecule has 0 radical (unpaired) electrons. The molecule has 6 atom stereocenters. The van der Waals surface area contributed by atoms with E-state index in [0.717, 1.165) is 17.7 Å². The van der Waals surface area contributed by atoms with Crippen LogP contribution < -0.4 is 4.74 Å². The van der Waals surface area contributed by atoms with Gasteiger partial charge >= 0.3 is 0 Å². The second-order valence-electron chi connectivity index (χ2n) is 11.8. The van der Waals surface area contributed by atoms with E-state index < -0.39 is 8.32 Å². The van der Waals surface area contributed by atoms with E-state index in [-0.39, 0.29) is 54.5 Å². The molecule has 0 unspecified atom stereocenters. The van der Waals surface area contributed by atoms with Crippen molar-refractivity contribution in [3.63, 3.8) is 0 Å². The van der Waals surface area contributed by atoms with Gasteiger partial charge in [-0.3, -0.25) is 0 Å². The highest BCUT2D eigenvalue weighted by molar-refractivity contribution is 6.74. The summed E-state index contributed by atoms with van der Waals surface area (Å²) < 4.78 is 30.4. The van der Waals surface area contributed by atoms with Crippen LogP contribution in [-0.4, -0.2) is 59.4 Å². The first-order chi connectivity index (χ1) is 17.3. The van der Waals surface area contributed by atoms with Crippen molar-refractivity contribution >= 4 is 8.32 Å². The Labute approximate surface area is 227 Å². The lowest BCUT2D eigenvalue weighted by molar-refractivity contribution is -0.153. The molecule has 0 amide bonds. The molecule has 1 N–H and O–H groups in total. The van der Waals surface area contributed by atoms with Crippen molar-refractivity contribution in [1.29, 1.82) is 0 Å². The van der Waals surface area contributed by atoms with Crippen molar-refractivity contribution in [3.8, 4) is 5.75 Å². The van der Waals surface area contributed by atoms with Crippen LogP contribution in [0.25, 0.3) is 0 Å². The van der Waals surface area contributed by atoms with Gasteiger partial charge in [0.1, 0.15) is 12.5 Å². The van der Waals surface area contributed by atoms with Crippen LogP contribution in [0.3, 0.4) is 0 Å². The molecule has 0 heterocycles. The number of benzene rings is 1. The Bertz CT molecular complexity index is 760. The lowest BCUT2D eigenvalue weighted by Crippen LogP contribution is -2.51. The normalized spacial score (nSPS) is 17.5. The number of methoxy groups -OCH3 is 2. The molecule has 214 valence electrons. The average molecular weight is 539 g/mol. The summed E-state index contributed by atoms with van der Waals surface area (Å²) in [5, 5.41) is 9.96. The van der Waals surface area contributed by atoms with Crippen molar-refractivity contribution in [2.24, 2.45) is 17.8 Å². The summed E-state index contributed by atoms with van der Waals surface area (Å²) in [4.78, 5) is 0. The quantitative estimate of drug-likeness (QED) is 0.126. The van der Waals surface area contributed by atoms with Crippen LogP contribution in [-0.2, 0) is 25.2 Å². The topological polar surface area (TPSA) is 66.4 Å². The lowest BCUT2D eigenvalue weighted by atomic mass is 9.80. The summed E-state index contributed by atoms with van der Waals surface area (Å²) >= 11 is 0. The zero-order valence-corrected chi connectivity index (χ0v) is 26.1. The highest BCUT2D eigenvalue weighted by Crippen LogP contribution is 2.41. The molecule has 1 aromatic rings. The monoisotopic (exact) mass is 538 g/mol. The zero-order valence-electron chi connectivity index (χ0n) is 25.1. The Morgan fingerprint density at radius 1 is 0.973 bits per heavy atom. The minimum absolute atomic E-state index is 0.00278. The molecule has 7 heteroatoms. The van der Waals surface area contributed by atoms with Gasteiger partial charge in [0, 0.05) is 25.6 Å². The number of aliphatic hydroxyl groups excluding tert-OH is 1. The van der Waals surface area contributed by atoms with Gasteiger partial charge < -0.3 is 28.5 Å². The second kappa shape index (κ2) is 16.0. The number of aliphatic hydroxyl groups is 1. The summed E-state index contributed by atoms with van der Waals surface area (Å²) in [5.74, 6) is 1.16. The fourth-order valence-corrected chi connectivity index (χ4v) is 6.01. The first-order valence-corrected chi connectivity index (χ1v) is 16.5. The van der Waals surface area contributed by atoms with Gasteiger partial charge in [0.25, 0.3) is 0 Å². The van der Waals surface area contributed by atoms with E-state index in [1.165, 1.54) is 0 Å². The van der Waals surface area contributed by atoms with E-state index in [0.29, 0.717) is 13.0 Å². The Morgan fingerprint density at radius 2 is 1.59 bits per heavy atom. The second-order valence-corrected chi connectivity index (χ2v) is 16.6. The average Bonchev–Trinajstić information content (AvgIpc) is 2.84. The molecule has 1 aromatic carbocycles. The molecule has 0 aromatic heterocycles. The van der Waals surface area contributed by atoms with E-state index in [4.69, 9.17) is 23.4 Å². The van der Waals surface area contributed by atoms with Crippen molar-refractivity contribution in [1.82, 2.24) is 0 Å². The molecule has 0 saturated carbocycles. The van der Waals surface area contributed by atoms with Gasteiger partial charge in [-0.2, -0.15) is 0 Å². The molecular formula is C30H54O6Si.